The summed E-state index contributed by atoms with van der Waals surface area (Å²) >= 11 is 5.74. The molecule has 9 aromatic rings. The zero-order chi connectivity index (χ0) is 50.6. The maximum absolute atomic E-state index is 6.08. The Hall–Kier alpha value is -4.62. The van der Waals surface area contributed by atoms with Crippen molar-refractivity contribution in [2.24, 2.45) is 0 Å². The van der Waals surface area contributed by atoms with E-state index in [0.717, 1.165) is 56.3 Å². The average molecular weight is 1010 g/mol. The zero-order valence-corrected chi connectivity index (χ0v) is 47.8. The molecule has 0 aliphatic carbocycles. The minimum Gasteiger partial charge on any atom is -0.493 e. The molecule has 0 saturated carbocycles. The van der Waals surface area contributed by atoms with E-state index < -0.39 is 0 Å². The predicted octanol–water partition coefficient (Wildman–Crippen LogP) is 21.6. The van der Waals surface area contributed by atoms with Crippen LogP contribution in [0.4, 0.5) is 0 Å². The van der Waals surface area contributed by atoms with Crippen molar-refractivity contribution >= 4 is 94.5 Å². The van der Waals surface area contributed by atoms with Crippen molar-refractivity contribution < 1.29 is 14.2 Å². The molecular weight excluding hydrogens is 925 g/mol. The number of aryl methyl sites for hydroxylation is 9. The summed E-state index contributed by atoms with van der Waals surface area (Å²) in [6.07, 6.45) is 17.8. The van der Waals surface area contributed by atoms with Crippen LogP contribution < -0.4 is 14.2 Å². The lowest BCUT2D eigenvalue weighted by Crippen LogP contribution is -1.98. The second kappa shape index (κ2) is 25.9. The molecule has 3 nitrogen and oxygen atoms in total. The van der Waals surface area contributed by atoms with Crippen LogP contribution in [0.2, 0.25) is 0 Å². The molecule has 0 amide bonds. The normalized spacial score (nSPS) is 11.5. The quantitative estimate of drug-likeness (QED) is 0.0712. The van der Waals surface area contributed by atoms with Crippen LogP contribution in [-0.2, 0) is 0 Å². The SMILES string of the molecule is CCCCCCCOc1ccc2c(sc3c(C)c(C)ccc32)c1C.CCCCCCCOc1ccc2c(sc3c(C)c(C)ccc32)c1C.CCCCCCOc1ccc2c(sc3c(C)c(C)ccc32)c1C. The van der Waals surface area contributed by atoms with Crippen molar-refractivity contribution in [3.63, 3.8) is 0 Å². The van der Waals surface area contributed by atoms with Gasteiger partial charge in [0.1, 0.15) is 17.2 Å². The number of unbranched alkanes of at least 4 members (excludes halogenated alkanes) is 11. The maximum Gasteiger partial charge on any atom is 0.123 e. The Morgan fingerprint density at radius 2 is 0.493 bits per heavy atom. The van der Waals surface area contributed by atoms with Gasteiger partial charge in [-0.25, -0.2) is 0 Å². The van der Waals surface area contributed by atoms with E-state index in [4.69, 9.17) is 14.2 Å². The lowest BCUT2D eigenvalue weighted by atomic mass is 10.0. The van der Waals surface area contributed by atoms with Crippen molar-refractivity contribution in [1.82, 2.24) is 0 Å². The Bertz CT molecular complexity index is 3050. The fraction of sp³-hybridized carbons (Fsp3) is 0.446. The van der Waals surface area contributed by atoms with Crippen molar-refractivity contribution in [2.75, 3.05) is 19.8 Å². The molecule has 0 fully saturated rings. The smallest absolute Gasteiger partial charge is 0.123 e. The Morgan fingerprint density at radius 1 is 0.268 bits per heavy atom. The number of hydrogen-bond donors (Lipinski definition) is 0. The van der Waals surface area contributed by atoms with E-state index in [1.165, 1.54) is 181 Å². The minimum atomic E-state index is 0.829. The molecule has 0 bridgehead atoms. The van der Waals surface area contributed by atoms with Gasteiger partial charge in [-0.3, -0.25) is 0 Å². The first-order valence-corrected chi connectivity index (χ1v) is 29.5. The largest absolute Gasteiger partial charge is 0.493 e. The van der Waals surface area contributed by atoms with Crippen LogP contribution in [0, 0.1) is 62.3 Å². The molecule has 6 aromatic carbocycles. The van der Waals surface area contributed by atoms with E-state index in [2.05, 4.69) is 156 Å². The highest BCUT2D eigenvalue weighted by atomic mass is 32.1. The minimum absolute atomic E-state index is 0.829. The summed E-state index contributed by atoms with van der Waals surface area (Å²) in [7, 11) is 0. The summed E-state index contributed by atoms with van der Waals surface area (Å²) in [5, 5.41) is 8.24. The summed E-state index contributed by atoms with van der Waals surface area (Å²) in [4.78, 5) is 0. The van der Waals surface area contributed by atoms with Gasteiger partial charge in [-0.2, -0.15) is 0 Å². The third-order valence-corrected chi connectivity index (χ3v) is 19.2. The Balaban J connectivity index is 0.000000157. The van der Waals surface area contributed by atoms with Gasteiger partial charge in [-0.1, -0.05) is 128 Å². The van der Waals surface area contributed by atoms with Gasteiger partial charge in [0.25, 0.3) is 0 Å². The molecule has 0 aliphatic rings. The maximum atomic E-state index is 6.08. The van der Waals surface area contributed by atoms with Gasteiger partial charge < -0.3 is 14.2 Å². The average Bonchev–Trinajstić information content (AvgIpc) is 4.08. The van der Waals surface area contributed by atoms with E-state index in [9.17, 15) is 0 Å². The van der Waals surface area contributed by atoms with Crippen molar-refractivity contribution in [1.29, 1.82) is 0 Å². The fourth-order valence-electron chi connectivity index (χ4n) is 9.71. The third kappa shape index (κ3) is 12.6. The summed E-state index contributed by atoms with van der Waals surface area (Å²) < 4.78 is 26.6. The van der Waals surface area contributed by atoms with Gasteiger partial charge in [0.05, 0.1) is 19.8 Å². The van der Waals surface area contributed by atoms with Crippen LogP contribution >= 0.6 is 34.0 Å². The van der Waals surface area contributed by atoms with Crippen LogP contribution in [0.1, 0.15) is 161 Å². The van der Waals surface area contributed by atoms with Crippen LogP contribution in [0.15, 0.2) is 72.8 Å². The number of thiophene rings is 3. The zero-order valence-electron chi connectivity index (χ0n) is 45.4. The first-order valence-electron chi connectivity index (χ1n) is 27.0. The first-order chi connectivity index (χ1) is 34.4. The highest BCUT2D eigenvalue weighted by molar-refractivity contribution is 7.27. The van der Waals surface area contributed by atoms with Crippen LogP contribution in [-0.4, -0.2) is 19.8 Å². The Kier molecular flexibility index (Phi) is 19.7. The van der Waals surface area contributed by atoms with Crippen LogP contribution in [0.25, 0.3) is 60.5 Å². The summed E-state index contributed by atoms with van der Waals surface area (Å²) in [6, 6.07) is 26.7. The molecule has 6 heteroatoms. The third-order valence-electron chi connectivity index (χ3n) is 14.8. The van der Waals surface area contributed by atoms with Gasteiger partial charge in [-0.15, -0.1) is 34.0 Å². The topological polar surface area (TPSA) is 27.7 Å². The lowest BCUT2D eigenvalue weighted by Gasteiger charge is -2.09. The van der Waals surface area contributed by atoms with E-state index >= 15 is 0 Å². The second-order valence-electron chi connectivity index (χ2n) is 20.1. The number of ether oxygens (including phenoxy) is 3. The van der Waals surface area contributed by atoms with Gasteiger partial charge >= 0.3 is 0 Å². The van der Waals surface area contributed by atoms with Crippen LogP contribution in [0.5, 0.6) is 17.2 Å². The molecule has 0 atom stereocenters. The molecule has 0 aliphatic heterocycles. The summed E-state index contributed by atoms with van der Waals surface area (Å²) in [5.74, 6) is 3.16. The van der Waals surface area contributed by atoms with Crippen LogP contribution in [0.3, 0.4) is 0 Å². The molecule has 71 heavy (non-hydrogen) atoms. The summed E-state index contributed by atoms with van der Waals surface area (Å²) in [5.41, 5.74) is 12.2. The predicted molar refractivity (Wildman–Crippen MR) is 319 cm³/mol. The Labute approximate surface area is 438 Å². The summed E-state index contributed by atoms with van der Waals surface area (Å²) in [6.45, 7) is 29.1. The van der Waals surface area contributed by atoms with E-state index in [1.54, 1.807) is 0 Å². The first kappa shape index (κ1) is 54.2. The highest BCUT2D eigenvalue weighted by Gasteiger charge is 2.16. The molecule has 0 saturated heterocycles. The molecular formula is C65H82O3S3. The molecule has 9 rings (SSSR count). The molecule has 0 spiro atoms. The van der Waals surface area contributed by atoms with Gasteiger partial charge in [0.15, 0.2) is 0 Å². The van der Waals surface area contributed by atoms with E-state index in [1.807, 2.05) is 34.0 Å². The second-order valence-corrected chi connectivity index (χ2v) is 23.2. The van der Waals surface area contributed by atoms with E-state index in [0.29, 0.717) is 0 Å². The van der Waals surface area contributed by atoms with Gasteiger partial charge in [-0.05, 0) is 151 Å². The molecule has 0 unspecified atom stereocenters. The van der Waals surface area contributed by atoms with Crippen molar-refractivity contribution in [3.05, 3.63) is 123 Å². The monoisotopic (exact) mass is 1010 g/mol. The molecule has 378 valence electrons. The number of hydrogen-bond acceptors (Lipinski definition) is 6. The number of fused-ring (bicyclic) bond motifs is 9. The van der Waals surface area contributed by atoms with Crippen molar-refractivity contribution in [2.45, 2.75) is 173 Å². The van der Waals surface area contributed by atoms with E-state index in [-0.39, 0.29) is 0 Å². The standard InChI is InChI=1S/2C22H28OS.C21H26OS/c2*1-5-6-7-8-9-14-23-20-13-12-19-18-11-10-15(2)16(3)21(18)24-22(19)17(20)4;1-5-6-7-8-13-22-19-12-11-18-17-10-9-14(2)15(3)20(17)23-21(18)16(19)4/h2*10-13H,5-9,14H2,1-4H3;9-12H,5-8,13H2,1-4H3. The van der Waals surface area contributed by atoms with Gasteiger partial charge in [0, 0.05) is 77.2 Å². The molecule has 3 aromatic heterocycles. The van der Waals surface area contributed by atoms with Crippen molar-refractivity contribution in [3.8, 4) is 17.2 Å². The fourth-order valence-corrected chi connectivity index (χ4v) is 13.8. The lowest BCUT2D eigenvalue weighted by molar-refractivity contribution is 0.303. The number of rotatable bonds is 20. The Morgan fingerprint density at radius 3 is 0.761 bits per heavy atom. The number of benzene rings is 6. The molecule has 3 heterocycles. The molecule has 0 radical (unpaired) electrons. The highest BCUT2D eigenvalue weighted by Crippen LogP contribution is 2.44. The van der Waals surface area contributed by atoms with Gasteiger partial charge in [0.2, 0.25) is 0 Å². The molecule has 0 N–H and O–H groups in total.